The highest BCUT2D eigenvalue weighted by Gasteiger charge is 2.02. The number of hydrogen-bond donors (Lipinski definition) is 1. The fourth-order valence-electron chi connectivity index (χ4n) is 1.55. The van der Waals surface area contributed by atoms with Gasteiger partial charge in [-0.25, -0.2) is 4.98 Å². The van der Waals surface area contributed by atoms with E-state index in [1.54, 1.807) is 0 Å². The summed E-state index contributed by atoms with van der Waals surface area (Å²) in [4.78, 5) is 7.73. The lowest BCUT2D eigenvalue weighted by Crippen LogP contribution is -2.02. The van der Waals surface area contributed by atoms with Crippen molar-refractivity contribution < 1.29 is 0 Å². The van der Waals surface area contributed by atoms with Gasteiger partial charge in [-0.2, -0.15) is 0 Å². The molecule has 0 fully saturated rings. The summed E-state index contributed by atoms with van der Waals surface area (Å²) in [5, 5.41) is 0. The molecule has 0 saturated heterocycles. The zero-order valence-electron chi connectivity index (χ0n) is 9.18. The molecule has 0 amide bonds. The van der Waals surface area contributed by atoms with Crippen LogP contribution in [0, 0.1) is 11.6 Å². The number of aryl methyl sites for hydroxylation is 2. The minimum absolute atomic E-state index is 0.773. The molecule has 1 N–H and O–H groups in total. The van der Waals surface area contributed by atoms with Gasteiger partial charge < -0.3 is 4.98 Å². The molecule has 0 aromatic carbocycles. The number of unbranched alkanes of at least 4 members (excludes halogenated alkanes) is 1. The van der Waals surface area contributed by atoms with Gasteiger partial charge in [0.15, 0.2) is 0 Å². The van der Waals surface area contributed by atoms with E-state index < -0.39 is 0 Å². The van der Waals surface area contributed by atoms with Crippen molar-refractivity contribution in [1.29, 1.82) is 0 Å². The third kappa shape index (κ3) is 2.64. The van der Waals surface area contributed by atoms with E-state index in [0.29, 0.717) is 0 Å². The SMILES string of the molecule is CCCCc1nc(=S)c(CC)c(C)[nH]1. The van der Waals surface area contributed by atoms with Crippen LogP contribution in [0.15, 0.2) is 0 Å². The molecule has 0 bridgehead atoms. The summed E-state index contributed by atoms with van der Waals surface area (Å²) < 4.78 is 0.773. The lowest BCUT2D eigenvalue weighted by atomic mass is 10.2. The maximum atomic E-state index is 5.25. The van der Waals surface area contributed by atoms with Gasteiger partial charge in [0.1, 0.15) is 10.5 Å². The van der Waals surface area contributed by atoms with E-state index in [1.165, 1.54) is 24.1 Å². The number of hydrogen-bond acceptors (Lipinski definition) is 2. The summed E-state index contributed by atoms with van der Waals surface area (Å²) in [5.74, 6) is 1.03. The Morgan fingerprint density at radius 2 is 2.07 bits per heavy atom. The zero-order valence-corrected chi connectivity index (χ0v) is 10.0. The largest absolute Gasteiger partial charge is 0.347 e. The Morgan fingerprint density at radius 3 is 2.57 bits per heavy atom. The predicted octanol–water partition coefficient (Wildman–Crippen LogP) is 3.35. The molecule has 0 aliphatic rings. The van der Waals surface area contributed by atoms with Crippen LogP contribution in [0.2, 0.25) is 0 Å². The number of aromatic nitrogens is 2. The maximum Gasteiger partial charge on any atom is 0.133 e. The number of nitrogens with one attached hydrogen (secondary N) is 1. The Balaban J connectivity index is 2.96. The summed E-state index contributed by atoms with van der Waals surface area (Å²) >= 11 is 5.25. The van der Waals surface area contributed by atoms with Crippen LogP contribution in [0.25, 0.3) is 0 Å². The highest BCUT2D eigenvalue weighted by molar-refractivity contribution is 7.71. The molecule has 1 aromatic heterocycles. The van der Waals surface area contributed by atoms with Gasteiger partial charge in [-0.15, -0.1) is 0 Å². The van der Waals surface area contributed by atoms with Gasteiger partial charge in [-0.1, -0.05) is 32.5 Å². The normalized spacial score (nSPS) is 10.5. The van der Waals surface area contributed by atoms with Crippen LogP contribution in [0.3, 0.4) is 0 Å². The molecule has 2 nitrogen and oxygen atoms in total. The average Bonchev–Trinajstić information content (AvgIpc) is 2.14. The Hall–Kier alpha value is -0.700. The Morgan fingerprint density at radius 1 is 1.36 bits per heavy atom. The molecule has 1 aromatic rings. The highest BCUT2D eigenvalue weighted by atomic mass is 32.1. The van der Waals surface area contributed by atoms with Crippen molar-refractivity contribution in [2.75, 3.05) is 0 Å². The van der Waals surface area contributed by atoms with Gasteiger partial charge in [0.2, 0.25) is 0 Å². The summed E-state index contributed by atoms with van der Waals surface area (Å²) in [6.07, 6.45) is 4.33. The minimum Gasteiger partial charge on any atom is -0.347 e. The lowest BCUT2D eigenvalue weighted by molar-refractivity contribution is 0.741. The molecule has 0 radical (unpaired) electrons. The third-order valence-corrected chi connectivity index (χ3v) is 2.74. The van der Waals surface area contributed by atoms with Crippen molar-refractivity contribution in [1.82, 2.24) is 9.97 Å². The summed E-state index contributed by atoms with van der Waals surface area (Å²) in [7, 11) is 0. The van der Waals surface area contributed by atoms with Crippen molar-refractivity contribution in [3.05, 3.63) is 21.7 Å². The summed E-state index contributed by atoms with van der Waals surface area (Å²) in [5.41, 5.74) is 2.36. The van der Waals surface area contributed by atoms with Crippen LogP contribution >= 0.6 is 12.2 Å². The van der Waals surface area contributed by atoms with Gasteiger partial charge >= 0.3 is 0 Å². The monoisotopic (exact) mass is 210 g/mol. The van der Waals surface area contributed by atoms with Crippen molar-refractivity contribution in [3.8, 4) is 0 Å². The standard InChI is InChI=1S/C11H18N2S/c1-4-6-7-10-12-8(3)9(5-2)11(14)13-10/h4-7H2,1-3H3,(H,12,13,14). The summed E-state index contributed by atoms with van der Waals surface area (Å²) in [6, 6.07) is 0. The smallest absolute Gasteiger partial charge is 0.133 e. The number of rotatable bonds is 4. The Bertz CT molecular complexity index is 355. The fourth-order valence-corrected chi connectivity index (χ4v) is 1.96. The number of nitrogens with zero attached hydrogens (tertiary/aromatic N) is 1. The number of aromatic amines is 1. The molecule has 0 atom stereocenters. The Labute approximate surface area is 90.8 Å². The van der Waals surface area contributed by atoms with Crippen LogP contribution in [-0.2, 0) is 12.8 Å². The molecule has 0 saturated carbocycles. The molecular weight excluding hydrogens is 192 g/mol. The molecule has 3 heteroatoms. The van der Waals surface area contributed by atoms with Gasteiger partial charge in [0.05, 0.1) is 0 Å². The van der Waals surface area contributed by atoms with Crippen molar-refractivity contribution in [2.24, 2.45) is 0 Å². The van der Waals surface area contributed by atoms with E-state index >= 15 is 0 Å². The van der Waals surface area contributed by atoms with E-state index in [-0.39, 0.29) is 0 Å². The minimum atomic E-state index is 0.773. The maximum absolute atomic E-state index is 5.25. The second kappa shape index (κ2) is 5.25. The molecule has 1 heterocycles. The predicted molar refractivity (Wildman–Crippen MR) is 62.1 cm³/mol. The molecule has 0 aliphatic heterocycles. The van der Waals surface area contributed by atoms with Gasteiger partial charge in [-0.05, 0) is 19.8 Å². The lowest BCUT2D eigenvalue weighted by Gasteiger charge is -2.06. The molecule has 0 spiro atoms. The van der Waals surface area contributed by atoms with Gasteiger partial charge in [0, 0.05) is 17.7 Å². The van der Waals surface area contributed by atoms with Crippen LogP contribution in [0.5, 0.6) is 0 Å². The fraction of sp³-hybridized carbons (Fsp3) is 0.636. The topological polar surface area (TPSA) is 28.7 Å². The average molecular weight is 210 g/mol. The first-order chi connectivity index (χ1) is 6.69. The van der Waals surface area contributed by atoms with E-state index in [2.05, 4.69) is 30.7 Å². The second-order valence-electron chi connectivity index (χ2n) is 3.55. The highest BCUT2D eigenvalue weighted by Crippen LogP contribution is 2.09. The Kier molecular flexibility index (Phi) is 4.26. The van der Waals surface area contributed by atoms with E-state index in [0.717, 1.165) is 23.3 Å². The number of H-pyrrole nitrogens is 1. The van der Waals surface area contributed by atoms with Crippen LogP contribution < -0.4 is 0 Å². The molecule has 0 aliphatic carbocycles. The van der Waals surface area contributed by atoms with E-state index in [4.69, 9.17) is 12.2 Å². The van der Waals surface area contributed by atoms with Crippen LogP contribution in [0.4, 0.5) is 0 Å². The van der Waals surface area contributed by atoms with Crippen LogP contribution in [0.1, 0.15) is 43.8 Å². The van der Waals surface area contributed by atoms with Crippen molar-refractivity contribution in [3.63, 3.8) is 0 Å². The van der Waals surface area contributed by atoms with E-state index in [9.17, 15) is 0 Å². The first-order valence-electron chi connectivity index (χ1n) is 5.27. The quantitative estimate of drug-likeness (QED) is 0.772. The second-order valence-corrected chi connectivity index (χ2v) is 3.94. The molecular formula is C11H18N2S. The molecule has 0 unspecified atom stereocenters. The van der Waals surface area contributed by atoms with Crippen molar-refractivity contribution >= 4 is 12.2 Å². The van der Waals surface area contributed by atoms with Crippen LogP contribution in [-0.4, -0.2) is 9.97 Å². The van der Waals surface area contributed by atoms with Gasteiger partial charge in [0.25, 0.3) is 0 Å². The van der Waals surface area contributed by atoms with E-state index in [1.807, 2.05) is 0 Å². The summed E-state index contributed by atoms with van der Waals surface area (Å²) in [6.45, 7) is 6.37. The first-order valence-corrected chi connectivity index (χ1v) is 5.68. The zero-order chi connectivity index (χ0) is 10.6. The van der Waals surface area contributed by atoms with Crippen molar-refractivity contribution in [2.45, 2.75) is 46.5 Å². The molecule has 1 rings (SSSR count). The molecule has 78 valence electrons. The third-order valence-electron chi connectivity index (χ3n) is 2.40. The van der Waals surface area contributed by atoms with Gasteiger partial charge in [-0.3, -0.25) is 0 Å². The molecule has 14 heavy (non-hydrogen) atoms. The first kappa shape index (κ1) is 11.4.